The van der Waals surface area contributed by atoms with Gasteiger partial charge >= 0.3 is 0 Å². The number of carbonyl (C=O) groups is 2. The second-order valence-electron chi connectivity index (χ2n) is 5.63. The Morgan fingerprint density at radius 3 is 2.64 bits per heavy atom. The second kappa shape index (κ2) is 8.07. The van der Waals surface area contributed by atoms with Gasteiger partial charge in [0, 0.05) is 26.1 Å². The molecule has 5 nitrogen and oxygen atoms in total. The molecule has 0 N–H and O–H groups in total. The lowest BCUT2D eigenvalue weighted by atomic mass is 10.2. The highest BCUT2D eigenvalue weighted by Gasteiger charge is 2.32. The maximum absolute atomic E-state index is 13.0. The van der Waals surface area contributed by atoms with E-state index in [4.69, 9.17) is 17.0 Å². The number of thiocarbonyl (C=S) groups is 1. The highest BCUT2D eigenvalue weighted by molar-refractivity contribution is 8.26. The van der Waals surface area contributed by atoms with Crippen LogP contribution in [0.5, 0.6) is 0 Å². The minimum absolute atomic E-state index is 0.000126. The van der Waals surface area contributed by atoms with E-state index in [1.165, 1.54) is 28.8 Å². The number of morpholine rings is 1. The molecular formula is C17H17FN2O3S2. The first-order valence-electron chi connectivity index (χ1n) is 7.91. The standard InChI is InChI=1S/C17H17FN2O3S2/c18-13-3-1-12(2-4-13)11-14-16(22)20(17(24)25-14)6-5-15(21)19-7-9-23-10-8-19/h1-4,11H,5-10H2. The first-order valence-corrected chi connectivity index (χ1v) is 9.13. The van der Waals surface area contributed by atoms with Crippen LogP contribution < -0.4 is 0 Å². The summed E-state index contributed by atoms with van der Waals surface area (Å²) in [5.74, 6) is -0.541. The number of nitrogens with zero attached hydrogens (tertiary/aromatic N) is 2. The Bertz CT molecular complexity index is 715. The summed E-state index contributed by atoms with van der Waals surface area (Å²) in [6, 6.07) is 5.88. The number of amides is 2. The third-order valence-corrected chi connectivity index (χ3v) is 5.33. The second-order valence-corrected chi connectivity index (χ2v) is 7.30. The van der Waals surface area contributed by atoms with Crippen LogP contribution in [0, 0.1) is 5.82 Å². The zero-order valence-corrected chi connectivity index (χ0v) is 15.1. The van der Waals surface area contributed by atoms with Crippen LogP contribution in [0.2, 0.25) is 0 Å². The SMILES string of the molecule is O=C(CCN1C(=O)C(=Cc2ccc(F)cc2)SC1=S)N1CCOCC1. The van der Waals surface area contributed by atoms with Gasteiger partial charge in [-0.1, -0.05) is 36.1 Å². The van der Waals surface area contributed by atoms with Crippen molar-refractivity contribution in [3.63, 3.8) is 0 Å². The fourth-order valence-electron chi connectivity index (χ4n) is 2.58. The van der Waals surface area contributed by atoms with Crippen molar-refractivity contribution in [3.8, 4) is 0 Å². The summed E-state index contributed by atoms with van der Waals surface area (Å²) in [4.78, 5) is 28.4. The Kier molecular flexibility index (Phi) is 5.82. The summed E-state index contributed by atoms with van der Waals surface area (Å²) < 4.78 is 18.6. The Morgan fingerprint density at radius 2 is 1.96 bits per heavy atom. The van der Waals surface area contributed by atoms with Gasteiger partial charge in [0.15, 0.2) is 0 Å². The number of benzene rings is 1. The van der Waals surface area contributed by atoms with E-state index in [0.717, 1.165) is 5.56 Å². The van der Waals surface area contributed by atoms with Crippen molar-refractivity contribution in [2.45, 2.75) is 6.42 Å². The average molecular weight is 380 g/mol. The highest BCUT2D eigenvalue weighted by atomic mass is 32.2. The Morgan fingerprint density at radius 1 is 1.28 bits per heavy atom. The van der Waals surface area contributed by atoms with Crippen LogP contribution in [0.3, 0.4) is 0 Å². The fraction of sp³-hybridized carbons (Fsp3) is 0.353. The zero-order chi connectivity index (χ0) is 17.8. The molecule has 0 aromatic heterocycles. The summed E-state index contributed by atoms with van der Waals surface area (Å²) in [5, 5.41) is 0. The van der Waals surface area contributed by atoms with Gasteiger partial charge in [0.2, 0.25) is 5.91 Å². The number of halogens is 1. The molecule has 1 aromatic rings. The quantitative estimate of drug-likeness (QED) is 0.593. The van der Waals surface area contributed by atoms with Gasteiger partial charge in [-0.05, 0) is 23.8 Å². The smallest absolute Gasteiger partial charge is 0.266 e. The van der Waals surface area contributed by atoms with Gasteiger partial charge in [-0.25, -0.2) is 4.39 Å². The Hall–Kier alpha value is -1.77. The molecule has 0 saturated carbocycles. The summed E-state index contributed by atoms with van der Waals surface area (Å²) in [7, 11) is 0. The highest BCUT2D eigenvalue weighted by Crippen LogP contribution is 2.32. The average Bonchev–Trinajstić information content (AvgIpc) is 2.89. The minimum atomic E-state index is -0.327. The predicted molar refractivity (Wildman–Crippen MR) is 98.3 cm³/mol. The molecule has 2 aliphatic rings. The van der Waals surface area contributed by atoms with Crippen LogP contribution in [0.25, 0.3) is 6.08 Å². The van der Waals surface area contributed by atoms with Gasteiger partial charge < -0.3 is 9.64 Å². The molecule has 132 valence electrons. The molecule has 0 radical (unpaired) electrons. The maximum Gasteiger partial charge on any atom is 0.266 e. The van der Waals surface area contributed by atoms with E-state index in [-0.39, 0.29) is 30.6 Å². The first-order chi connectivity index (χ1) is 12.0. The summed E-state index contributed by atoms with van der Waals surface area (Å²) in [5.41, 5.74) is 0.728. The molecule has 1 aromatic carbocycles. The van der Waals surface area contributed by atoms with E-state index in [0.29, 0.717) is 35.5 Å². The largest absolute Gasteiger partial charge is 0.378 e. The van der Waals surface area contributed by atoms with Gasteiger partial charge in [0.05, 0.1) is 18.1 Å². The summed E-state index contributed by atoms with van der Waals surface area (Å²) in [6.45, 7) is 2.53. The van der Waals surface area contributed by atoms with Crippen LogP contribution in [0.15, 0.2) is 29.2 Å². The number of thioether (sulfide) groups is 1. The molecule has 0 atom stereocenters. The topological polar surface area (TPSA) is 49.9 Å². The van der Waals surface area contributed by atoms with Gasteiger partial charge in [-0.15, -0.1) is 0 Å². The summed E-state index contributed by atoms with van der Waals surface area (Å²) >= 11 is 6.46. The molecule has 0 spiro atoms. The van der Waals surface area contributed by atoms with Crippen molar-refractivity contribution in [2.75, 3.05) is 32.8 Å². The molecule has 8 heteroatoms. The van der Waals surface area contributed by atoms with E-state index in [1.54, 1.807) is 23.1 Å². The molecular weight excluding hydrogens is 363 g/mol. The van der Waals surface area contributed by atoms with Crippen molar-refractivity contribution in [1.82, 2.24) is 9.80 Å². The van der Waals surface area contributed by atoms with Gasteiger partial charge in [0.25, 0.3) is 5.91 Å². The van der Waals surface area contributed by atoms with Crippen LogP contribution in [-0.4, -0.2) is 58.8 Å². The Balaban J connectivity index is 1.61. The number of hydrogen-bond donors (Lipinski definition) is 0. The van der Waals surface area contributed by atoms with Crippen LogP contribution in [0.1, 0.15) is 12.0 Å². The lowest BCUT2D eigenvalue weighted by molar-refractivity contribution is -0.135. The van der Waals surface area contributed by atoms with Crippen molar-refractivity contribution < 1.29 is 18.7 Å². The molecule has 3 rings (SSSR count). The number of carbonyl (C=O) groups excluding carboxylic acids is 2. The third kappa shape index (κ3) is 4.45. The zero-order valence-electron chi connectivity index (χ0n) is 13.4. The number of ether oxygens (including phenoxy) is 1. The lowest BCUT2D eigenvalue weighted by Crippen LogP contribution is -2.42. The van der Waals surface area contributed by atoms with Crippen molar-refractivity contribution in [1.29, 1.82) is 0 Å². The molecule has 2 heterocycles. The van der Waals surface area contributed by atoms with E-state index in [9.17, 15) is 14.0 Å². The molecule has 25 heavy (non-hydrogen) atoms. The van der Waals surface area contributed by atoms with Crippen molar-refractivity contribution >= 4 is 46.2 Å². The third-order valence-electron chi connectivity index (χ3n) is 3.95. The predicted octanol–water partition coefficient (Wildman–Crippen LogP) is 2.28. The molecule has 2 saturated heterocycles. The van der Waals surface area contributed by atoms with Crippen molar-refractivity contribution in [2.24, 2.45) is 0 Å². The molecule has 2 aliphatic heterocycles. The van der Waals surface area contributed by atoms with Gasteiger partial charge in [-0.3, -0.25) is 14.5 Å². The molecule has 0 bridgehead atoms. The van der Waals surface area contributed by atoms with Gasteiger partial charge in [0.1, 0.15) is 10.1 Å². The number of hydrogen-bond acceptors (Lipinski definition) is 5. The van der Waals surface area contributed by atoms with E-state index < -0.39 is 0 Å². The van der Waals surface area contributed by atoms with Crippen LogP contribution in [-0.2, 0) is 14.3 Å². The Labute approximate surface area is 154 Å². The minimum Gasteiger partial charge on any atom is -0.378 e. The molecule has 2 fully saturated rings. The fourth-order valence-corrected chi connectivity index (χ4v) is 3.89. The molecule has 2 amide bonds. The van der Waals surface area contributed by atoms with Crippen LogP contribution >= 0.6 is 24.0 Å². The normalized spacial score (nSPS) is 19.8. The maximum atomic E-state index is 13.0. The monoisotopic (exact) mass is 380 g/mol. The first kappa shape index (κ1) is 18.0. The van der Waals surface area contributed by atoms with E-state index in [1.807, 2.05) is 0 Å². The molecule has 0 unspecified atom stereocenters. The molecule has 0 aliphatic carbocycles. The van der Waals surface area contributed by atoms with E-state index >= 15 is 0 Å². The van der Waals surface area contributed by atoms with Crippen LogP contribution in [0.4, 0.5) is 4.39 Å². The lowest BCUT2D eigenvalue weighted by Gasteiger charge is -2.27. The summed E-state index contributed by atoms with van der Waals surface area (Å²) in [6.07, 6.45) is 1.92. The van der Waals surface area contributed by atoms with Crippen molar-refractivity contribution in [3.05, 3.63) is 40.6 Å². The number of rotatable bonds is 4. The van der Waals surface area contributed by atoms with Gasteiger partial charge in [-0.2, -0.15) is 0 Å². The van der Waals surface area contributed by atoms with E-state index in [2.05, 4.69) is 0 Å².